The first-order chi connectivity index (χ1) is 12.1. The number of anilines is 2. The molecule has 1 atom stereocenters. The Morgan fingerprint density at radius 1 is 1.32 bits per heavy atom. The molecule has 1 aliphatic rings. The molecule has 0 aliphatic carbocycles. The highest BCUT2D eigenvalue weighted by Gasteiger charge is 2.38. The second-order valence-electron chi connectivity index (χ2n) is 6.68. The third-order valence-electron chi connectivity index (χ3n) is 5.14. The minimum atomic E-state index is -0.0539. The van der Waals surface area contributed by atoms with Gasteiger partial charge in [-0.3, -0.25) is 0 Å². The van der Waals surface area contributed by atoms with Crippen molar-refractivity contribution in [2.75, 3.05) is 29.9 Å². The zero-order valence-corrected chi connectivity index (χ0v) is 14.3. The van der Waals surface area contributed by atoms with Crippen LogP contribution >= 0.6 is 0 Å². The molecule has 25 heavy (non-hydrogen) atoms. The monoisotopic (exact) mass is 333 g/mol. The number of H-pyrrole nitrogens is 1. The lowest BCUT2D eigenvalue weighted by molar-refractivity contribution is 0.491. The molecule has 4 heterocycles. The van der Waals surface area contributed by atoms with E-state index >= 15 is 0 Å². The quantitative estimate of drug-likeness (QED) is 0.792. The van der Waals surface area contributed by atoms with E-state index in [0.717, 1.165) is 42.0 Å². The highest BCUT2D eigenvalue weighted by Crippen LogP contribution is 2.34. The minimum Gasteiger partial charge on any atom is -0.367 e. The Bertz CT molecular complexity index is 957. The minimum absolute atomic E-state index is 0.0539. The van der Waals surface area contributed by atoms with Crippen LogP contribution in [0.25, 0.3) is 11.0 Å². The Hall–Kier alpha value is -3.14. The van der Waals surface area contributed by atoms with Gasteiger partial charge in [-0.1, -0.05) is 0 Å². The molecule has 0 spiro atoms. The molecule has 1 fully saturated rings. The second kappa shape index (κ2) is 5.74. The summed E-state index contributed by atoms with van der Waals surface area (Å²) in [5.41, 5.74) is 2.25. The molecule has 3 aromatic rings. The lowest BCUT2D eigenvalue weighted by Gasteiger charge is -2.37. The van der Waals surface area contributed by atoms with Crippen LogP contribution in [-0.4, -0.2) is 45.6 Å². The van der Waals surface area contributed by atoms with E-state index in [9.17, 15) is 0 Å². The van der Waals surface area contributed by atoms with Gasteiger partial charge in [0.15, 0.2) is 0 Å². The molecule has 7 heteroatoms. The number of hydrogen-bond donors (Lipinski definition) is 1. The molecule has 126 valence electrons. The van der Waals surface area contributed by atoms with Gasteiger partial charge in [0.05, 0.1) is 10.9 Å². The normalized spacial score (nSPS) is 20.0. The first-order valence-corrected chi connectivity index (χ1v) is 8.24. The van der Waals surface area contributed by atoms with E-state index in [1.807, 2.05) is 24.4 Å². The number of rotatable bonds is 3. The third kappa shape index (κ3) is 2.56. The third-order valence-corrected chi connectivity index (χ3v) is 5.14. The van der Waals surface area contributed by atoms with Crippen molar-refractivity contribution in [2.24, 2.45) is 0 Å². The van der Waals surface area contributed by atoms with E-state index in [0.29, 0.717) is 5.69 Å². The molecule has 7 nitrogen and oxygen atoms in total. The van der Waals surface area contributed by atoms with Crippen LogP contribution < -0.4 is 9.80 Å². The van der Waals surface area contributed by atoms with Gasteiger partial charge in [0.1, 0.15) is 29.6 Å². The average molecular weight is 333 g/mol. The average Bonchev–Trinajstić information content (AvgIpc) is 3.28. The molecule has 0 bridgehead atoms. The van der Waals surface area contributed by atoms with E-state index in [1.165, 1.54) is 0 Å². The highest BCUT2D eigenvalue weighted by molar-refractivity contribution is 5.87. The summed E-state index contributed by atoms with van der Waals surface area (Å²) < 4.78 is 0. The van der Waals surface area contributed by atoms with Crippen LogP contribution in [0.3, 0.4) is 0 Å². The fourth-order valence-corrected chi connectivity index (χ4v) is 3.51. The molecule has 4 rings (SSSR count). The van der Waals surface area contributed by atoms with E-state index < -0.39 is 0 Å². The van der Waals surface area contributed by atoms with Crippen molar-refractivity contribution in [1.29, 1.82) is 5.26 Å². The van der Waals surface area contributed by atoms with Gasteiger partial charge in [-0.25, -0.2) is 15.0 Å². The molecule has 1 N–H and O–H groups in total. The number of aromatic amines is 1. The van der Waals surface area contributed by atoms with Crippen molar-refractivity contribution in [3.63, 3.8) is 0 Å². The predicted molar refractivity (Wildman–Crippen MR) is 96.5 cm³/mol. The Labute approximate surface area is 145 Å². The summed E-state index contributed by atoms with van der Waals surface area (Å²) >= 11 is 0. The zero-order chi connectivity index (χ0) is 17.4. The summed E-state index contributed by atoms with van der Waals surface area (Å²) in [5.74, 6) is 0.968. The van der Waals surface area contributed by atoms with E-state index in [2.05, 4.69) is 49.8 Å². The van der Waals surface area contributed by atoms with Crippen LogP contribution in [0.4, 0.5) is 11.5 Å². The lowest BCUT2D eigenvalue weighted by Crippen LogP contribution is -2.46. The van der Waals surface area contributed by atoms with Crippen molar-refractivity contribution >= 4 is 22.5 Å². The number of likely N-dealkylation sites (N-methyl/N-ethyl adjacent to an activating group) is 1. The van der Waals surface area contributed by atoms with Gasteiger partial charge in [-0.2, -0.15) is 5.26 Å². The molecule has 0 amide bonds. The molecule has 3 aromatic heterocycles. The first-order valence-electron chi connectivity index (χ1n) is 8.24. The van der Waals surface area contributed by atoms with Crippen molar-refractivity contribution in [2.45, 2.75) is 18.9 Å². The van der Waals surface area contributed by atoms with Gasteiger partial charge < -0.3 is 14.8 Å². The fraction of sp³-hybridized carbons (Fsp3) is 0.333. The molecule has 0 aromatic carbocycles. The first kappa shape index (κ1) is 15.4. The summed E-state index contributed by atoms with van der Waals surface area (Å²) in [6.07, 6.45) is 6.19. The smallest absolute Gasteiger partial charge is 0.142 e. The summed E-state index contributed by atoms with van der Waals surface area (Å²) in [6.45, 7) is 4.02. The van der Waals surface area contributed by atoms with Crippen LogP contribution in [0, 0.1) is 11.3 Å². The SMILES string of the molecule is CN(c1ccnc(C#N)c1)C1(C)CCN(c2ncnc3[nH]ccc23)C1. The fourth-order valence-electron chi connectivity index (χ4n) is 3.51. The standard InChI is InChI=1S/C18H19N7/c1-18(24(2)14-3-6-20-13(9-14)10-19)5-8-25(11-18)17-15-4-7-21-16(15)22-12-23-17/h3-4,6-7,9,12H,5,8,11H2,1-2H3,(H,21,22,23). The number of nitrogens with one attached hydrogen (secondary N) is 1. The Kier molecular flexibility index (Phi) is 3.53. The van der Waals surface area contributed by atoms with Crippen LogP contribution in [0.5, 0.6) is 0 Å². The van der Waals surface area contributed by atoms with Gasteiger partial charge in [-0.05, 0) is 31.5 Å². The Morgan fingerprint density at radius 2 is 2.20 bits per heavy atom. The summed E-state index contributed by atoms with van der Waals surface area (Å²) in [4.78, 5) is 20.5. The van der Waals surface area contributed by atoms with Gasteiger partial charge in [0.25, 0.3) is 0 Å². The molecule has 1 saturated heterocycles. The summed E-state index contributed by atoms with van der Waals surface area (Å²) in [5, 5.41) is 10.1. The second-order valence-corrected chi connectivity index (χ2v) is 6.68. The molecule has 1 aliphatic heterocycles. The predicted octanol–water partition coefficient (Wildman–Crippen LogP) is 2.33. The van der Waals surface area contributed by atoms with E-state index in [-0.39, 0.29) is 5.54 Å². The Morgan fingerprint density at radius 3 is 3.04 bits per heavy atom. The Balaban J connectivity index is 1.62. The van der Waals surface area contributed by atoms with Crippen molar-refractivity contribution < 1.29 is 0 Å². The summed E-state index contributed by atoms with van der Waals surface area (Å²) in [7, 11) is 2.08. The largest absolute Gasteiger partial charge is 0.367 e. The van der Waals surface area contributed by atoms with E-state index in [4.69, 9.17) is 5.26 Å². The van der Waals surface area contributed by atoms with Crippen molar-refractivity contribution in [3.05, 3.63) is 42.6 Å². The van der Waals surface area contributed by atoms with Crippen molar-refractivity contribution in [3.8, 4) is 6.07 Å². The number of nitriles is 1. The van der Waals surface area contributed by atoms with Gasteiger partial charge in [0, 0.05) is 38.2 Å². The summed E-state index contributed by atoms with van der Waals surface area (Å²) in [6, 6.07) is 7.91. The van der Waals surface area contributed by atoms with Crippen LogP contribution in [0.2, 0.25) is 0 Å². The number of pyridine rings is 1. The molecular formula is C18H19N7. The number of hydrogen-bond acceptors (Lipinski definition) is 6. The number of nitrogens with zero attached hydrogens (tertiary/aromatic N) is 6. The highest BCUT2D eigenvalue weighted by atomic mass is 15.3. The molecule has 0 radical (unpaired) electrons. The zero-order valence-electron chi connectivity index (χ0n) is 14.3. The van der Waals surface area contributed by atoms with Crippen molar-refractivity contribution in [1.82, 2.24) is 19.9 Å². The van der Waals surface area contributed by atoms with E-state index in [1.54, 1.807) is 12.5 Å². The molecular weight excluding hydrogens is 314 g/mol. The maximum atomic E-state index is 9.09. The van der Waals surface area contributed by atoms with Gasteiger partial charge in [-0.15, -0.1) is 0 Å². The van der Waals surface area contributed by atoms with Crippen LogP contribution in [0.1, 0.15) is 19.0 Å². The maximum absolute atomic E-state index is 9.09. The molecule has 0 saturated carbocycles. The number of fused-ring (bicyclic) bond motifs is 1. The number of aromatic nitrogens is 4. The lowest BCUT2D eigenvalue weighted by atomic mass is 9.99. The van der Waals surface area contributed by atoms with Gasteiger partial charge in [0.2, 0.25) is 0 Å². The van der Waals surface area contributed by atoms with Gasteiger partial charge >= 0.3 is 0 Å². The van der Waals surface area contributed by atoms with Crippen LogP contribution in [-0.2, 0) is 0 Å². The van der Waals surface area contributed by atoms with Crippen LogP contribution in [0.15, 0.2) is 36.9 Å². The topological polar surface area (TPSA) is 84.7 Å². The maximum Gasteiger partial charge on any atom is 0.142 e. The molecule has 1 unspecified atom stereocenters.